The van der Waals surface area contributed by atoms with Crippen LogP contribution in [0.25, 0.3) is 16.8 Å². The van der Waals surface area contributed by atoms with E-state index in [4.69, 9.17) is 4.74 Å². The number of hydrogen-bond donors (Lipinski definition) is 1. The van der Waals surface area contributed by atoms with Crippen molar-refractivity contribution < 1.29 is 18.3 Å². The third-order valence-electron chi connectivity index (χ3n) is 6.42. The van der Waals surface area contributed by atoms with Crippen molar-refractivity contribution in [3.8, 4) is 16.9 Å². The van der Waals surface area contributed by atoms with Gasteiger partial charge in [0.15, 0.2) is 0 Å². The molecular formula is C26H26F2N6O2. The van der Waals surface area contributed by atoms with Crippen LogP contribution in [0.15, 0.2) is 55.0 Å². The van der Waals surface area contributed by atoms with E-state index >= 15 is 0 Å². The van der Waals surface area contributed by atoms with Crippen LogP contribution in [0, 0.1) is 6.92 Å². The Kier molecular flexibility index (Phi) is 6.49. The van der Waals surface area contributed by atoms with Crippen LogP contribution < -0.4 is 15.0 Å². The number of anilines is 1. The van der Waals surface area contributed by atoms with Crippen LogP contribution in [0.1, 0.15) is 36.2 Å². The molecule has 1 amide bonds. The van der Waals surface area contributed by atoms with Crippen LogP contribution in [0.3, 0.4) is 0 Å². The quantitative estimate of drug-likeness (QED) is 0.435. The number of carbonyl (C=O) groups excluding carboxylic acids is 1. The molecule has 1 aliphatic heterocycles. The number of para-hydroxylation sites is 1. The highest BCUT2D eigenvalue weighted by Gasteiger charge is 2.22. The van der Waals surface area contributed by atoms with Crippen LogP contribution in [0.4, 0.5) is 14.7 Å². The number of carbonyl (C=O) groups is 1. The highest BCUT2D eigenvalue weighted by Crippen LogP contribution is 2.35. The molecule has 1 aliphatic rings. The number of nitrogens with one attached hydrogen (secondary N) is 1. The molecular weight excluding hydrogens is 466 g/mol. The summed E-state index contributed by atoms with van der Waals surface area (Å²) in [6, 6.07) is 10.7. The minimum atomic E-state index is -2.90. The first-order valence-electron chi connectivity index (χ1n) is 11.8. The van der Waals surface area contributed by atoms with Crippen LogP contribution in [-0.2, 0) is 4.79 Å². The number of pyridine rings is 1. The second-order valence-corrected chi connectivity index (χ2v) is 8.73. The summed E-state index contributed by atoms with van der Waals surface area (Å²) < 4.78 is 32.7. The van der Waals surface area contributed by atoms with Gasteiger partial charge in [-0.25, -0.2) is 15.0 Å². The van der Waals surface area contributed by atoms with E-state index in [2.05, 4.69) is 20.3 Å². The first-order chi connectivity index (χ1) is 17.4. The number of halogens is 2. The number of rotatable bonds is 6. The predicted molar refractivity (Wildman–Crippen MR) is 131 cm³/mol. The molecule has 8 nitrogen and oxygen atoms in total. The van der Waals surface area contributed by atoms with E-state index in [1.807, 2.05) is 47.5 Å². The van der Waals surface area contributed by atoms with Gasteiger partial charge in [0, 0.05) is 67.3 Å². The van der Waals surface area contributed by atoms with Crippen LogP contribution >= 0.6 is 0 Å². The number of alkyl halides is 2. The van der Waals surface area contributed by atoms with Crippen molar-refractivity contribution in [3.63, 3.8) is 0 Å². The smallest absolute Gasteiger partial charge is 0.387 e. The lowest BCUT2D eigenvalue weighted by Crippen LogP contribution is -2.29. The predicted octanol–water partition coefficient (Wildman–Crippen LogP) is 4.18. The van der Waals surface area contributed by atoms with E-state index < -0.39 is 6.61 Å². The molecule has 5 rings (SSSR count). The Balaban J connectivity index is 1.47. The number of aromatic nitrogens is 4. The van der Waals surface area contributed by atoms with Crippen LogP contribution in [-0.4, -0.2) is 51.5 Å². The van der Waals surface area contributed by atoms with Crippen molar-refractivity contribution in [2.45, 2.75) is 32.8 Å². The Morgan fingerprint density at radius 3 is 2.61 bits per heavy atom. The summed E-state index contributed by atoms with van der Waals surface area (Å²) in [6.07, 6.45) is 5.91. The molecule has 186 valence electrons. The SMILES string of the molecule is Cc1nc2ccc(-c3cnc(N4CCNC(=O)CC4)nc3)cn2c1C(C)c1ccccc1OC(F)F. The Bertz CT molecular complexity index is 1390. The summed E-state index contributed by atoms with van der Waals surface area (Å²) in [5.41, 5.74) is 4.83. The monoisotopic (exact) mass is 492 g/mol. The van der Waals surface area contributed by atoms with E-state index in [1.165, 1.54) is 0 Å². The number of aryl methyl sites for hydroxylation is 1. The molecule has 3 aromatic heterocycles. The molecule has 1 aromatic carbocycles. The maximum absolute atomic E-state index is 13.0. The van der Waals surface area contributed by atoms with Gasteiger partial charge in [0.2, 0.25) is 11.9 Å². The normalized spacial score (nSPS) is 15.1. The number of amides is 1. The second-order valence-electron chi connectivity index (χ2n) is 8.73. The van der Waals surface area contributed by atoms with Gasteiger partial charge in [-0.1, -0.05) is 25.1 Å². The molecule has 0 bridgehead atoms. The maximum atomic E-state index is 13.0. The first-order valence-corrected chi connectivity index (χ1v) is 11.8. The third-order valence-corrected chi connectivity index (χ3v) is 6.42. The molecule has 0 saturated carbocycles. The van der Waals surface area contributed by atoms with Crippen molar-refractivity contribution in [2.24, 2.45) is 0 Å². The standard InChI is InChI=1S/C26H26F2N6O2/c1-16(20-5-3-4-6-21(20)36-25(27)28)24-17(2)32-22-8-7-18(15-34(22)24)19-13-30-26(31-14-19)33-11-9-23(35)29-10-12-33/h3-8,13-16,25H,9-12H2,1-2H3,(H,29,35). The summed E-state index contributed by atoms with van der Waals surface area (Å²) in [7, 11) is 0. The molecule has 1 fully saturated rings. The minimum Gasteiger partial charge on any atom is -0.435 e. The zero-order valence-corrected chi connectivity index (χ0v) is 20.0. The summed E-state index contributed by atoms with van der Waals surface area (Å²) in [5.74, 6) is 0.523. The number of imidazole rings is 1. The zero-order chi connectivity index (χ0) is 25.2. The molecule has 4 aromatic rings. The van der Waals surface area contributed by atoms with Crippen LogP contribution in [0.2, 0.25) is 0 Å². The maximum Gasteiger partial charge on any atom is 0.387 e. The van der Waals surface area contributed by atoms with E-state index in [0.29, 0.717) is 37.6 Å². The number of ether oxygens (including phenoxy) is 1. The molecule has 1 saturated heterocycles. The highest BCUT2D eigenvalue weighted by molar-refractivity contribution is 5.77. The molecule has 1 unspecified atom stereocenters. The highest BCUT2D eigenvalue weighted by atomic mass is 19.3. The van der Waals surface area contributed by atoms with Crippen LogP contribution in [0.5, 0.6) is 5.75 Å². The second kappa shape index (κ2) is 9.88. The number of benzene rings is 1. The minimum absolute atomic E-state index is 0.0338. The van der Waals surface area contributed by atoms with Gasteiger partial charge < -0.3 is 19.4 Å². The lowest BCUT2D eigenvalue weighted by Gasteiger charge is -2.19. The first kappa shape index (κ1) is 23.7. The molecule has 1 atom stereocenters. The van der Waals surface area contributed by atoms with Gasteiger partial charge in [-0.05, 0) is 25.1 Å². The average molecular weight is 493 g/mol. The third kappa shape index (κ3) is 4.71. The van der Waals surface area contributed by atoms with Gasteiger partial charge in [-0.2, -0.15) is 8.78 Å². The van der Waals surface area contributed by atoms with Gasteiger partial charge in [0.1, 0.15) is 11.4 Å². The lowest BCUT2D eigenvalue weighted by atomic mass is 9.95. The molecule has 0 radical (unpaired) electrons. The Labute approximate surface area is 207 Å². The van der Waals surface area contributed by atoms with E-state index in [-0.39, 0.29) is 17.6 Å². The number of hydrogen-bond acceptors (Lipinski definition) is 6. The van der Waals surface area contributed by atoms with Crippen molar-refractivity contribution in [1.29, 1.82) is 0 Å². The Morgan fingerprint density at radius 1 is 1.06 bits per heavy atom. The molecule has 36 heavy (non-hydrogen) atoms. The largest absolute Gasteiger partial charge is 0.435 e. The van der Waals surface area contributed by atoms with E-state index in [1.54, 1.807) is 30.6 Å². The fourth-order valence-electron chi connectivity index (χ4n) is 4.66. The van der Waals surface area contributed by atoms with Gasteiger partial charge >= 0.3 is 6.61 Å². The van der Waals surface area contributed by atoms with Crippen molar-refractivity contribution in [3.05, 3.63) is 71.9 Å². The summed E-state index contributed by atoms with van der Waals surface area (Å²) >= 11 is 0. The zero-order valence-electron chi connectivity index (χ0n) is 20.0. The topological polar surface area (TPSA) is 84.7 Å². The number of nitrogens with zero attached hydrogens (tertiary/aromatic N) is 5. The van der Waals surface area contributed by atoms with Crippen molar-refractivity contribution in [1.82, 2.24) is 24.7 Å². The Hall–Kier alpha value is -4.08. The Morgan fingerprint density at radius 2 is 1.83 bits per heavy atom. The fourth-order valence-corrected chi connectivity index (χ4v) is 4.66. The fraction of sp³-hybridized carbons (Fsp3) is 0.308. The van der Waals surface area contributed by atoms with Crippen molar-refractivity contribution >= 4 is 17.5 Å². The van der Waals surface area contributed by atoms with Gasteiger partial charge in [0.05, 0.1) is 11.4 Å². The molecule has 10 heteroatoms. The van der Waals surface area contributed by atoms with Crippen molar-refractivity contribution in [2.75, 3.05) is 24.5 Å². The molecule has 0 spiro atoms. The molecule has 4 heterocycles. The lowest BCUT2D eigenvalue weighted by molar-refractivity contribution is -0.120. The molecule has 0 aliphatic carbocycles. The van der Waals surface area contributed by atoms with Gasteiger partial charge in [-0.3, -0.25) is 4.79 Å². The average Bonchev–Trinajstić information content (AvgIpc) is 3.04. The van der Waals surface area contributed by atoms with E-state index in [0.717, 1.165) is 28.2 Å². The van der Waals surface area contributed by atoms with Gasteiger partial charge in [-0.15, -0.1) is 0 Å². The summed E-state index contributed by atoms with van der Waals surface area (Å²) in [5, 5.41) is 2.85. The molecule has 1 N–H and O–H groups in total. The summed E-state index contributed by atoms with van der Waals surface area (Å²) in [6.45, 7) is 2.76. The number of fused-ring (bicyclic) bond motifs is 1. The van der Waals surface area contributed by atoms with Gasteiger partial charge in [0.25, 0.3) is 0 Å². The van der Waals surface area contributed by atoms with E-state index in [9.17, 15) is 13.6 Å². The summed E-state index contributed by atoms with van der Waals surface area (Å²) in [4.78, 5) is 27.4.